The number of unbranched alkanes of at least 4 members (excludes halogenated alkanes) is 1. The number of aliphatic hydroxyl groups is 1. The molecule has 16 heavy (non-hydrogen) atoms. The summed E-state index contributed by atoms with van der Waals surface area (Å²) in [7, 11) is 0. The first kappa shape index (κ1) is 13.0. The predicted molar refractivity (Wildman–Crippen MR) is 64.8 cm³/mol. The van der Waals surface area contributed by atoms with Crippen molar-refractivity contribution in [2.24, 2.45) is 0 Å². The van der Waals surface area contributed by atoms with E-state index in [0.29, 0.717) is 23.6 Å². The van der Waals surface area contributed by atoms with Gasteiger partial charge < -0.3 is 10.4 Å². The molecule has 0 aliphatic carbocycles. The second kappa shape index (κ2) is 6.51. The molecule has 3 nitrogen and oxygen atoms in total. The number of aliphatic hydroxyl groups excluding tert-OH is 1. The maximum absolute atomic E-state index is 11.7. The van der Waals surface area contributed by atoms with Gasteiger partial charge in [0.2, 0.25) is 0 Å². The van der Waals surface area contributed by atoms with Crippen LogP contribution in [0.15, 0.2) is 18.2 Å². The molecule has 4 heteroatoms. The van der Waals surface area contributed by atoms with Gasteiger partial charge >= 0.3 is 0 Å². The number of hydrogen-bond donors (Lipinski definition) is 2. The van der Waals surface area contributed by atoms with E-state index >= 15 is 0 Å². The van der Waals surface area contributed by atoms with E-state index in [9.17, 15) is 4.79 Å². The fourth-order valence-corrected chi connectivity index (χ4v) is 1.44. The molecule has 1 aromatic rings. The van der Waals surface area contributed by atoms with Crippen LogP contribution in [0.3, 0.4) is 0 Å². The van der Waals surface area contributed by atoms with Crippen LogP contribution in [0.4, 0.5) is 0 Å². The highest BCUT2D eigenvalue weighted by Gasteiger charge is 2.05. The Hall–Kier alpha value is -1.06. The minimum atomic E-state index is -0.0993. The van der Waals surface area contributed by atoms with Crippen molar-refractivity contribution >= 4 is 17.5 Å². The van der Waals surface area contributed by atoms with Gasteiger partial charge in [0.15, 0.2) is 0 Å². The minimum Gasteiger partial charge on any atom is -0.396 e. The van der Waals surface area contributed by atoms with Crippen LogP contribution in [0.1, 0.15) is 28.8 Å². The van der Waals surface area contributed by atoms with Gasteiger partial charge in [-0.25, -0.2) is 0 Å². The lowest BCUT2D eigenvalue weighted by atomic mass is 10.1. The summed E-state index contributed by atoms with van der Waals surface area (Å²) in [6.07, 6.45) is 1.49. The van der Waals surface area contributed by atoms with Crippen molar-refractivity contribution in [3.63, 3.8) is 0 Å². The number of hydrogen-bond acceptors (Lipinski definition) is 2. The molecular weight excluding hydrogens is 226 g/mol. The number of halogens is 1. The molecule has 0 saturated carbocycles. The average molecular weight is 242 g/mol. The minimum absolute atomic E-state index is 0.0993. The van der Waals surface area contributed by atoms with Crippen molar-refractivity contribution in [1.82, 2.24) is 5.32 Å². The maximum atomic E-state index is 11.7. The molecule has 88 valence electrons. The van der Waals surface area contributed by atoms with Crippen LogP contribution in [-0.4, -0.2) is 24.2 Å². The normalized spacial score (nSPS) is 10.2. The molecule has 0 aromatic heterocycles. The van der Waals surface area contributed by atoms with E-state index in [-0.39, 0.29) is 12.5 Å². The van der Waals surface area contributed by atoms with Gasteiger partial charge in [-0.15, -0.1) is 0 Å². The summed E-state index contributed by atoms with van der Waals surface area (Å²) in [5.74, 6) is -0.0993. The van der Waals surface area contributed by atoms with E-state index in [1.54, 1.807) is 18.2 Å². The largest absolute Gasteiger partial charge is 0.396 e. The van der Waals surface area contributed by atoms with Crippen molar-refractivity contribution in [2.75, 3.05) is 13.2 Å². The zero-order valence-corrected chi connectivity index (χ0v) is 10.0. The van der Waals surface area contributed by atoms with Crippen LogP contribution in [-0.2, 0) is 0 Å². The first-order valence-corrected chi connectivity index (χ1v) is 5.68. The van der Waals surface area contributed by atoms with Crippen LogP contribution in [0.5, 0.6) is 0 Å². The molecule has 0 saturated heterocycles. The Kier molecular flexibility index (Phi) is 5.29. The van der Waals surface area contributed by atoms with E-state index < -0.39 is 0 Å². The Labute approximate surface area is 100 Å². The molecule has 1 rings (SSSR count). The Bertz CT molecular complexity index is 366. The predicted octanol–water partition coefficient (Wildman–Crippen LogP) is 2.15. The van der Waals surface area contributed by atoms with Crippen LogP contribution in [0, 0.1) is 6.92 Å². The molecule has 1 amide bonds. The maximum Gasteiger partial charge on any atom is 0.251 e. The molecular formula is C12H16ClNO2. The van der Waals surface area contributed by atoms with E-state index in [2.05, 4.69) is 5.32 Å². The number of aryl methyl sites for hydroxylation is 1. The zero-order valence-electron chi connectivity index (χ0n) is 9.29. The molecule has 0 aliphatic heterocycles. The first-order chi connectivity index (χ1) is 7.65. The molecule has 0 heterocycles. The number of benzene rings is 1. The van der Waals surface area contributed by atoms with Crippen molar-refractivity contribution in [1.29, 1.82) is 0 Å². The number of rotatable bonds is 5. The van der Waals surface area contributed by atoms with Crippen molar-refractivity contribution in [3.05, 3.63) is 34.3 Å². The van der Waals surface area contributed by atoms with Crippen molar-refractivity contribution in [3.8, 4) is 0 Å². The molecule has 0 spiro atoms. The summed E-state index contributed by atoms with van der Waals surface area (Å²) in [5, 5.41) is 12.0. The lowest BCUT2D eigenvalue weighted by molar-refractivity contribution is 0.0952. The molecule has 0 aliphatic rings. The van der Waals surface area contributed by atoms with Crippen molar-refractivity contribution in [2.45, 2.75) is 19.8 Å². The van der Waals surface area contributed by atoms with Gasteiger partial charge in [0.1, 0.15) is 0 Å². The third kappa shape index (κ3) is 3.83. The fourth-order valence-electron chi connectivity index (χ4n) is 1.33. The Morgan fingerprint density at radius 3 is 2.81 bits per heavy atom. The van der Waals surface area contributed by atoms with Crippen LogP contribution in [0.2, 0.25) is 5.02 Å². The SMILES string of the molecule is Cc1cc(C(=O)NCCCCO)ccc1Cl. The van der Waals surface area contributed by atoms with Gasteiger partial charge in [-0.2, -0.15) is 0 Å². The lowest BCUT2D eigenvalue weighted by Crippen LogP contribution is -2.24. The molecule has 0 fully saturated rings. The topological polar surface area (TPSA) is 49.3 Å². The van der Waals surface area contributed by atoms with E-state index in [1.165, 1.54) is 0 Å². The molecule has 0 radical (unpaired) electrons. The van der Waals surface area contributed by atoms with Gasteiger partial charge in [0.05, 0.1) is 0 Å². The Balaban J connectivity index is 2.50. The summed E-state index contributed by atoms with van der Waals surface area (Å²) in [6, 6.07) is 5.19. The Morgan fingerprint density at radius 1 is 1.44 bits per heavy atom. The third-order valence-corrected chi connectivity index (χ3v) is 2.71. The van der Waals surface area contributed by atoms with Crippen LogP contribution >= 0.6 is 11.6 Å². The third-order valence-electron chi connectivity index (χ3n) is 2.29. The van der Waals surface area contributed by atoms with Gasteiger partial charge in [-0.05, 0) is 43.5 Å². The second-order valence-corrected chi connectivity index (χ2v) is 4.06. The van der Waals surface area contributed by atoms with Gasteiger partial charge in [-0.1, -0.05) is 11.6 Å². The summed E-state index contributed by atoms with van der Waals surface area (Å²) in [4.78, 5) is 11.7. The summed E-state index contributed by atoms with van der Waals surface area (Å²) in [5.41, 5.74) is 1.51. The second-order valence-electron chi connectivity index (χ2n) is 3.65. The summed E-state index contributed by atoms with van der Waals surface area (Å²) >= 11 is 5.87. The fraction of sp³-hybridized carbons (Fsp3) is 0.417. The first-order valence-electron chi connectivity index (χ1n) is 5.30. The van der Waals surface area contributed by atoms with E-state index in [0.717, 1.165) is 12.0 Å². The van der Waals surface area contributed by atoms with E-state index in [4.69, 9.17) is 16.7 Å². The monoisotopic (exact) mass is 241 g/mol. The van der Waals surface area contributed by atoms with Gasteiger partial charge in [0, 0.05) is 23.7 Å². The smallest absolute Gasteiger partial charge is 0.251 e. The average Bonchev–Trinajstić information content (AvgIpc) is 2.28. The molecule has 1 aromatic carbocycles. The van der Waals surface area contributed by atoms with Crippen LogP contribution < -0.4 is 5.32 Å². The summed E-state index contributed by atoms with van der Waals surface area (Å²) < 4.78 is 0. The highest BCUT2D eigenvalue weighted by atomic mass is 35.5. The Morgan fingerprint density at radius 2 is 2.19 bits per heavy atom. The number of carbonyl (C=O) groups is 1. The number of nitrogens with one attached hydrogen (secondary N) is 1. The molecule has 0 atom stereocenters. The highest BCUT2D eigenvalue weighted by Crippen LogP contribution is 2.16. The lowest BCUT2D eigenvalue weighted by Gasteiger charge is -2.06. The molecule has 2 N–H and O–H groups in total. The summed E-state index contributed by atoms with van der Waals surface area (Å²) in [6.45, 7) is 2.61. The quantitative estimate of drug-likeness (QED) is 0.776. The van der Waals surface area contributed by atoms with E-state index in [1.807, 2.05) is 6.92 Å². The van der Waals surface area contributed by atoms with Crippen molar-refractivity contribution < 1.29 is 9.90 Å². The van der Waals surface area contributed by atoms with Gasteiger partial charge in [-0.3, -0.25) is 4.79 Å². The zero-order chi connectivity index (χ0) is 12.0. The highest BCUT2D eigenvalue weighted by molar-refractivity contribution is 6.31. The van der Waals surface area contributed by atoms with Crippen LogP contribution in [0.25, 0.3) is 0 Å². The van der Waals surface area contributed by atoms with Gasteiger partial charge in [0.25, 0.3) is 5.91 Å². The standard InChI is InChI=1S/C12H16ClNO2/c1-9-8-10(4-5-11(9)13)12(16)14-6-2-3-7-15/h4-5,8,15H,2-3,6-7H2,1H3,(H,14,16). The molecule has 0 bridgehead atoms. The molecule has 0 unspecified atom stereocenters. The number of amides is 1. The number of carbonyl (C=O) groups excluding carboxylic acids is 1.